The van der Waals surface area contributed by atoms with Crippen LogP contribution in [-0.4, -0.2) is 50.5 Å². The van der Waals surface area contributed by atoms with Gasteiger partial charge in [-0.05, 0) is 24.3 Å². The predicted molar refractivity (Wildman–Crippen MR) is 112 cm³/mol. The first-order valence-corrected chi connectivity index (χ1v) is 8.70. The summed E-state index contributed by atoms with van der Waals surface area (Å²) in [6, 6.07) is 10.5. The Kier molecular flexibility index (Phi) is 4.88. The Morgan fingerprint density at radius 3 is 2.48 bits per heavy atom. The molecule has 3 aromatic rings. The van der Waals surface area contributed by atoms with Crippen LogP contribution in [0.4, 0.5) is 11.5 Å². The number of fused-ring (bicyclic) bond motifs is 1. The molecule has 7 heteroatoms. The molecule has 0 aliphatic rings. The maximum Gasteiger partial charge on any atom is 0.163 e. The number of nitrogens with zero attached hydrogens (tertiary/aromatic N) is 2. The number of anilines is 2. The van der Waals surface area contributed by atoms with E-state index >= 15 is 0 Å². The molecular formula is C22H23N3O4. The van der Waals surface area contributed by atoms with Crippen molar-refractivity contribution in [2.24, 2.45) is 0 Å². The fourth-order valence-electron chi connectivity index (χ4n) is 2.60. The number of hydrogen-bond donors (Lipinski definition) is 1. The SMILES string of the molecule is [2H]C([2H])([2H])OCCOc1cc2ncnc(Nc3cccc(C#C)c3)c2cc1OCCOC([2H])([2H])[2H]. The quantitative estimate of drug-likeness (QED) is 0.414. The smallest absolute Gasteiger partial charge is 0.163 e. The molecule has 29 heavy (non-hydrogen) atoms. The van der Waals surface area contributed by atoms with E-state index in [1.54, 1.807) is 24.3 Å². The molecule has 0 saturated heterocycles. The maximum absolute atomic E-state index is 7.13. The van der Waals surface area contributed by atoms with Crippen molar-refractivity contribution in [3.63, 3.8) is 0 Å². The van der Waals surface area contributed by atoms with Gasteiger partial charge in [0.05, 0.1) is 27.0 Å². The van der Waals surface area contributed by atoms with E-state index < -0.39 is 14.1 Å². The summed E-state index contributed by atoms with van der Waals surface area (Å²) >= 11 is 0. The van der Waals surface area contributed by atoms with E-state index in [1.165, 1.54) is 6.33 Å². The number of ether oxygens (including phenoxy) is 4. The molecule has 0 fully saturated rings. The number of hydrogen-bond acceptors (Lipinski definition) is 7. The second-order valence-electron chi connectivity index (χ2n) is 5.78. The molecule has 0 unspecified atom stereocenters. The molecule has 0 saturated carbocycles. The van der Waals surface area contributed by atoms with Crippen molar-refractivity contribution in [1.29, 1.82) is 0 Å². The minimum atomic E-state index is -2.55. The monoisotopic (exact) mass is 399 g/mol. The van der Waals surface area contributed by atoms with Gasteiger partial charge in [-0.25, -0.2) is 9.97 Å². The summed E-state index contributed by atoms with van der Waals surface area (Å²) < 4.78 is 63.5. The van der Waals surface area contributed by atoms with Crippen molar-refractivity contribution in [2.75, 3.05) is 45.8 Å². The zero-order valence-electron chi connectivity index (χ0n) is 21.5. The lowest BCUT2D eigenvalue weighted by molar-refractivity contribution is 0.132. The van der Waals surface area contributed by atoms with Gasteiger partial charge in [-0.3, -0.25) is 0 Å². The minimum Gasteiger partial charge on any atom is -0.487 e. The molecule has 7 nitrogen and oxygen atoms in total. The van der Waals surface area contributed by atoms with E-state index in [0.717, 1.165) is 5.69 Å². The fraction of sp³-hybridized carbons (Fsp3) is 0.273. The highest BCUT2D eigenvalue weighted by atomic mass is 16.5. The highest BCUT2D eigenvalue weighted by molar-refractivity contribution is 5.93. The zero-order valence-corrected chi connectivity index (χ0v) is 15.5. The van der Waals surface area contributed by atoms with Crippen molar-refractivity contribution in [1.82, 2.24) is 9.97 Å². The summed E-state index contributed by atoms with van der Waals surface area (Å²) in [4.78, 5) is 8.58. The molecule has 0 atom stereocenters. The van der Waals surface area contributed by atoms with Gasteiger partial charge >= 0.3 is 0 Å². The lowest BCUT2D eigenvalue weighted by Gasteiger charge is -2.15. The van der Waals surface area contributed by atoms with Crippen molar-refractivity contribution in [3.05, 3.63) is 48.3 Å². The van der Waals surface area contributed by atoms with Crippen molar-refractivity contribution in [2.45, 2.75) is 0 Å². The Morgan fingerprint density at radius 1 is 1.00 bits per heavy atom. The van der Waals surface area contributed by atoms with Crippen LogP contribution in [0.2, 0.25) is 0 Å². The minimum absolute atomic E-state index is 0.0684. The van der Waals surface area contributed by atoms with Crippen LogP contribution in [0, 0.1) is 12.3 Å². The van der Waals surface area contributed by atoms with E-state index in [1.807, 2.05) is 12.1 Å². The average molecular weight is 399 g/mol. The molecule has 0 radical (unpaired) electrons. The van der Waals surface area contributed by atoms with E-state index in [4.69, 9.17) is 33.6 Å². The van der Waals surface area contributed by atoms with Crippen LogP contribution in [-0.2, 0) is 9.47 Å². The van der Waals surface area contributed by atoms with Crippen LogP contribution < -0.4 is 14.8 Å². The molecule has 3 rings (SSSR count). The molecule has 0 amide bonds. The number of methoxy groups -OCH3 is 2. The van der Waals surface area contributed by atoms with Gasteiger partial charge in [0.2, 0.25) is 0 Å². The molecule has 2 aromatic carbocycles. The molecule has 0 bridgehead atoms. The van der Waals surface area contributed by atoms with Crippen molar-refractivity contribution in [3.8, 4) is 23.8 Å². The van der Waals surface area contributed by atoms with Gasteiger partial charge in [0.25, 0.3) is 0 Å². The maximum atomic E-state index is 7.13. The average Bonchev–Trinajstić information content (AvgIpc) is 2.78. The summed E-state index contributed by atoms with van der Waals surface area (Å²) in [7, 11) is -5.08. The van der Waals surface area contributed by atoms with Gasteiger partial charge in [-0.15, -0.1) is 6.42 Å². The van der Waals surface area contributed by atoms with E-state index in [9.17, 15) is 0 Å². The van der Waals surface area contributed by atoms with Crippen LogP contribution in [0.5, 0.6) is 11.5 Å². The Morgan fingerprint density at radius 2 is 1.76 bits per heavy atom. The first-order chi connectivity index (χ1) is 16.5. The second-order valence-corrected chi connectivity index (χ2v) is 5.78. The fourth-order valence-corrected chi connectivity index (χ4v) is 2.60. The van der Waals surface area contributed by atoms with Gasteiger partial charge in [-0.2, -0.15) is 0 Å². The van der Waals surface area contributed by atoms with Crippen LogP contribution in [0.1, 0.15) is 13.8 Å². The number of benzene rings is 2. The van der Waals surface area contributed by atoms with Gasteiger partial charge in [-0.1, -0.05) is 12.0 Å². The Bertz CT molecular complexity index is 1190. The number of terminal acetylenes is 1. The second kappa shape index (κ2) is 10.3. The summed E-state index contributed by atoms with van der Waals surface area (Å²) in [6.07, 6.45) is 6.86. The molecule has 1 N–H and O–H groups in total. The molecular weight excluding hydrogens is 370 g/mol. The van der Waals surface area contributed by atoms with Crippen molar-refractivity contribution < 1.29 is 27.2 Å². The van der Waals surface area contributed by atoms with Crippen LogP contribution in [0.3, 0.4) is 0 Å². The standard InChI is InChI=1S/C22H23N3O4/c1-4-16-6-5-7-17(12-16)25-22-18-13-20(28-10-8-26-2)21(29-11-9-27-3)14-19(18)23-15-24-22/h1,5-7,12-15H,8-11H2,2-3H3,(H,23,24,25)/i2D3,3D3. The number of nitrogens with one attached hydrogen (secondary N) is 1. The number of rotatable bonds is 10. The molecule has 0 aliphatic heterocycles. The third-order valence-electron chi connectivity index (χ3n) is 3.88. The summed E-state index contributed by atoms with van der Waals surface area (Å²) in [5.41, 5.74) is 1.94. The highest BCUT2D eigenvalue weighted by Crippen LogP contribution is 2.35. The Labute approximate surface area is 178 Å². The topological polar surface area (TPSA) is 74.7 Å². The zero-order chi connectivity index (χ0) is 25.5. The summed E-state index contributed by atoms with van der Waals surface area (Å²) in [5, 5.41) is 3.79. The van der Waals surface area contributed by atoms with Gasteiger partial charge in [0.15, 0.2) is 11.5 Å². The Balaban J connectivity index is 1.86. The summed E-state index contributed by atoms with van der Waals surface area (Å²) in [6.45, 7) is -0.516. The molecule has 0 spiro atoms. The van der Waals surface area contributed by atoms with E-state index in [0.29, 0.717) is 22.3 Å². The molecule has 150 valence electrons. The van der Waals surface area contributed by atoms with Gasteiger partial charge in [0, 0.05) is 36.8 Å². The lowest BCUT2D eigenvalue weighted by Crippen LogP contribution is -2.09. The van der Waals surface area contributed by atoms with Gasteiger partial charge < -0.3 is 24.3 Å². The van der Waals surface area contributed by atoms with Gasteiger partial charge in [0.1, 0.15) is 25.4 Å². The first-order valence-electron chi connectivity index (χ1n) is 11.7. The molecule has 1 aromatic heterocycles. The number of aromatic nitrogens is 2. The predicted octanol–water partition coefficient (Wildman–Crippen LogP) is 3.41. The normalized spacial score (nSPS) is 14.4. The van der Waals surface area contributed by atoms with Crippen molar-refractivity contribution >= 4 is 22.4 Å². The summed E-state index contributed by atoms with van der Waals surface area (Å²) in [5.74, 6) is 3.57. The Hall–Kier alpha value is -3.34. The van der Waals surface area contributed by atoms with Crippen LogP contribution in [0.15, 0.2) is 42.7 Å². The van der Waals surface area contributed by atoms with E-state index in [2.05, 4.69) is 21.2 Å². The van der Waals surface area contributed by atoms with Crippen LogP contribution >= 0.6 is 0 Å². The largest absolute Gasteiger partial charge is 0.487 e. The third kappa shape index (κ3) is 5.35. The lowest BCUT2D eigenvalue weighted by atomic mass is 10.2. The molecule has 1 heterocycles. The van der Waals surface area contributed by atoms with Crippen LogP contribution in [0.25, 0.3) is 10.9 Å². The molecule has 0 aliphatic carbocycles. The first kappa shape index (κ1) is 13.8. The highest BCUT2D eigenvalue weighted by Gasteiger charge is 2.13. The third-order valence-corrected chi connectivity index (χ3v) is 3.88. The van der Waals surface area contributed by atoms with E-state index in [-0.39, 0.29) is 37.9 Å².